The molecule has 0 radical (unpaired) electrons. The Morgan fingerprint density at radius 2 is 1.70 bits per heavy atom. The maximum Gasteiger partial charge on any atom is 0.253 e. The van der Waals surface area contributed by atoms with Crippen LogP contribution in [0.2, 0.25) is 0 Å². The Kier molecular flexibility index (Phi) is 3.01. The van der Waals surface area contributed by atoms with E-state index in [1.54, 1.807) is 17.6 Å². The highest BCUT2D eigenvalue weighted by molar-refractivity contribution is 7.16. The van der Waals surface area contributed by atoms with Crippen molar-refractivity contribution in [3.8, 4) is 0 Å². The minimum Gasteiger partial charge on any atom is -0.350 e. The molecule has 2 heterocycles. The minimum absolute atomic E-state index is 0.282. The van der Waals surface area contributed by atoms with E-state index in [1.807, 2.05) is 0 Å². The molecule has 0 atom stereocenters. The van der Waals surface area contributed by atoms with E-state index in [0.717, 1.165) is 4.70 Å². The summed E-state index contributed by atoms with van der Waals surface area (Å²) in [6.45, 7) is 0. The predicted molar refractivity (Wildman–Crippen MR) is 67.0 cm³/mol. The van der Waals surface area contributed by atoms with Crippen LogP contribution >= 0.6 is 11.3 Å². The molecule has 20 heavy (non-hydrogen) atoms. The normalized spacial score (nSPS) is 11.0. The molecule has 0 aliphatic rings. The second-order valence-corrected chi connectivity index (χ2v) is 4.74. The number of hydrogen-bond donors (Lipinski definition) is 1. The Balaban J connectivity index is 2.06. The number of benzene rings is 1. The van der Waals surface area contributed by atoms with Crippen LogP contribution in [0, 0.1) is 23.5 Å². The van der Waals surface area contributed by atoms with Crippen LogP contribution in [0.4, 0.5) is 28.9 Å². The third-order valence-corrected chi connectivity index (χ3v) is 3.39. The van der Waals surface area contributed by atoms with E-state index in [1.165, 1.54) is 17.4 Å². The lowest BCUT2D eigenvalue weighted by molar-refractivity contribution is 0.411. The molecule has 2 aromatic heterocycles. The summed E-state index contributed by atoms with van der Waals surface area (Å²) in [6.07, 6.45) is 0. The molecular formula is C12H5F4N3S. The van der Waals surface area contributed by atoms with Gasteiger partial charge < -0.3 is 5.32 Å². The summed E-state index contributed by atoms with van der Waals surface area (Å²) in [7, 11) is 0. The molecule has 0 aliphatic heterocycles. The monoisotopic (exact) mass is 299 g/mol. The van der Waals surface area contributed by atoms with Gasteiger partial charge >= 0.3 is 0 Å². The molecular weight excluding hydrogens is 294 g/mol. The molecule has 3 nitrogen and oxygen atoms in total. The maximum absolute atomic E-state index is 13.5. The zero-order chi connectivity index (χ0) is 14.3. The standard InChI is InChI=1S/C12H5F4N3S/c13-8-10(9(14)12(16)19-11(8)15)18-5-1-2-6-7(3-5)20-4-17-6/h1-4H,(H,18,19). The number of aromatic nitrogens is 2. The first-order chi connectivity index (χ1) is 9.56. The van der Waals surface area contributed by atoms with Crippen molar-refractivity contribution in [3.05, 3.63) is 47.2 Å². The Morgan fingerprint density at radius 3 is 2.40 bits per heavy atom. The van der Waals surface area contributed by atoms with Crippen LogP contribution in [-0.2, 0) is 0 Å². The van der Waals surface area contributed by atoms with Gasteiger partial charge in [0.15, 0.2) is 0 Å². The lowest BCUT2D eigenvalue weighted by Crippen LogP contribution is -2.05. The van der Waals surface area contributed by atoms with Crippen molar-refractivity contribution in [1.82, 2.24) is 9.97 Å². The molecule has 0 saturated carbocycles. The number of rotatable bonds is 2. The van der Waals surface area contributed by atoms with Gasteiger partial charge in [0, 0.05) is 5.69 Å². The summed E-state index contributed by atoms with van der Waals surface area (Å²) in [6, 6.07) is 4.69. The molecule has 1 N–H and O–H groups in total. The maximum atomic E-state index is 13.5. The molecule has 0 aliphatic carbocycles. The molecule has 0 unspecified atom stereocenters. The molecule has 1 aromatic carbocycles. The Morgan fingerprint density at radius 1 is 1.00 bits per heavy atom. The van der Waals surface area contributed by atoms with Crippen LogP contribution in [-0.4, -0.2) is 9.97 Å². The van der Waals surface area contributed by atoms with Crippen molar-refractivity contribution in [2.45, 2.75) is 0 Å². The lowest BCUT2D eigenvalue weighted by atomic mass is 10.2. The van der Waals surface area contributed by atoms with E-state index in [9.17, 15) is 17.6 Å². The van der Waals surface area contributed by atoms with Crippen molar-refractivity contribution in [2.24, 2.45) is 0 Å². The Labute approximate surface area is 113 Å². The first-order valence-corrected chi connectivity index (χ1v) is 6.24. The molecule has 8 heteroatoms. The Hall–Kier alpha value is -2.22. The van der Waals surface area contributed by atoms with E-state index in [-0.39, 0.29) is 5.69 Å². The molecule has 3 rings (SSSR count). The molecule has 102 valence electrons. The van der Waals surface area contributed by atoms with Crippen molar-refractivity contribution < 1.29 is 17.6 Å². The first kappa shape index (κ1) is 12.8. The van der Waals surface area contributed by atoms with E-state index in [0.29, 0.717) is 5.52 Å². The van der Waals surface area contributed by atoms with Gasteiger partial charge in [0.2, 0.25) is 11.6 Å². The number of nitrogens with zero attached hydrogens (tertiary/aromatic N) is 2. The fraction of sp³-hybridized carbons (Fsp3) is 0. The van der Waals surface area contributed by atoms with Crippen molar-refractivity contribution in [1.29, 1.82) is 0 Å². The molecule has 0 saturated heterocycles. The van der Waals surface area contributed by atoms with Gasteiger partial charge in [-0.05, 0) is 18.2 Å². The zero-order valence-electron chi connectivity index (χ0n) is 9.62. The topological polar surface area (TPSA) is 37.8 Å². The Bertz CT molecular complexity index is 776. The number of thiazole rings is 1. The third kappa shape index (κ3) is 2.07. The molecule has 0 amide bonds. The highest BCUT2D eigenvalue weighted by Crippen LogP contribution is 2.28. The van der Waals surface area contributed by atoms with Crippen LogP contribution in [0.1, 0.15) is 0 Å². The minimum atomic E-state index is -1.70. The number of halogens is 4. The highest BCUT2D eigenvalue weighted by atomic mass is 32.1. The van der Waals surface area contributed by atoms with Gasteiger partial charge in [0.25, 0.3) is 11.9 Å². The predicted octanol–water partition coefficient (Wildman–Crippen LogP) is 3.99. The molecule has 3 aromatic rings. The molecule has 0 fully saturated rings. The summed E-state index contributed by atoms with van der Waals surface area (Å²) in [5.74, 6) is -6.56. The van der Waals surface area contributed by atoms with Crippen LogP contribution in [0.3, 0.4) is 0 Å². The van der Waals surface area contributed by atoms with Crippen molar-refractivity contribution in [2.75, 3.05) is 5.32 Å². The summed E-state index contributed by atoms with van der Waals surface area (Å²) < 4.78 is 53.7. The summed E-state index contributed by atoms with van der Waals surface area (Å²) in [4.78, 5) is 6.53. The lowest BCUT2D eigenvalue weighted by Gasteiger charge is -2.09. The van der Waals surface area contributed by atoms with E-state index >= 15 is 0 Å². The summed E-state index contributed by atoms with van der Waals surface area (Å²) in [5, 5.41) is 2.31. The fourth-order valence-corrected chi connectivity index (χ4v) is 2.39. The van der Waals surface area contributed by atoms with Crippen LogP contribution < -0.4 is 5.32 Å². The quantitative estimate of drug-likeness (QED) is 0.574. The first-order valence-electron chi connectivity index (χ1n) is 5.36. The summed E-state index contributed by atoms with van der Waals surface area (Å²) >= 11 is 1.33. The SMILES string of the molecule is Fc1nc(F)c(F)c(Nc2ccc3ncsc3c2)c1F. The third-order valence-electron chi connectivity index (χ3n) is 2.60. The number of fused-ring (bicyclic) bond motifs is 1. The van der Waals surface area contributed by atoms with Gasteiger partial charge in [-0.25, -0.2) is 4.98 Å². The number of pyridine rings is 1. The smallest absolute Gasteiger partial charge is 0.253 e. The summed E-state index contributed by atoms with van der Waals surface area (Å²) in [5.41, 5.74) is 1.69. The van der Waals surface area contributed by atoms with Gasteiger partial charge in [-0.15, -0.1) is 11.3 Å². The van der Waals surface area contributed by atoms with Gasteiger partial charge in [-0.3, -0.25) is 0 Å². The van der Waals surface area contributed by atoms with Crippen molar-refractivity contribution in [3.63, 3.8) is 0 Å². The number of hydrogen-bond acceptors (Lipinski definition) is 4. The molecule has 0 spiro atoms. The van der Waals surface area contributed by atoms with E-state index in [4.69, 9.17) is 0 Å². The molecule has 0 bridgehead atoms. The average Bonchev–Trinajstić information content (AvgIpc) is 2.89. The largest absolute Gasteiger partial charge is 0.350 e. The van der Waals surface area contributed by atoms with Gasteiger partial charge in [-0.1, -0.05) is 0 Å². The fourth-order valence-electron chi connectivity index (χ4n) is 1.67. The highest BCUT2D eigenvalue weighted by Gasteiger charge is 2.20. The van der Waals surface area contributed by atoms with Crippen molar-refractivity contribution >= 4 is 32.9 Å². The van der Waals surface area contributed by atoms with E-state index in [2.05, 4.69) is 15.3 Å². The van der Waals surface area contributed by atoms with Gasteiger partial charge in [0.05, 0.1) is 15.7 Å². The average molecular weight is 299 g/mol. The second kappa shape index (κ2) is 4.71. The van der Waals surface area contributed by atoms with Gasteiger partial charge in [0.1, 0.15) is 5.69 Å². The van der Waals surface area contributed by atoms with E-state index < -0.39 is 29.2 Å². The van der Waals surface area contributed by atoms with Gasteiger partial charge in [-0.2, -0.15) is 22.5 Å². The van der Waals surface area contributed by atoms with Crippen LogP contribution in [0.15, 0.2) is 23.7 Å². The van der Waals surface area contributed by atoms with Crippen LogP contribution in [0.25, 0.3) is 10.2 Å². The number of nitrogens with one attached hydrogen (secondary N) is 1. The zero-order valence-corrected chi connectivity index (χ0v) is 10.4. The second-order valence-electron chi connectivity index (χ2n) is 3.86. The number of anilines is 2. The van der Waals surface area contributed by atoms with Crippen LogP contribution in [0.5, 0.6) is 0 Å².